The summed E-state index contributed by atoms with van der Waals surface area (Å²) in [5, 5.41) is 16.7. The molecule has 0 unspecified atom stereocenters. The van der Waals surface area contributed by atoms with Crippen LogP contribution in [0.25, 0.3) is 4.96 Å². The van der Waals surface area contributed by atoms with Gasteiger partial charge >= 0.3 is 0 Å². The van der Waals surface area contributed by atoms with Crippen LogP contribution in [0.5, 0.6) is 0 Å². The number of amides is 1. The molecule has 4 rings (SSSR count). The Morgan fingerprint density at radius 1 is 1.37 bits per heavy atom. The Balaban J connectivity index is 1.40. The smallest absolute Gasteiger partial charge is 0.275 e. The Hall–Kier alpha value is -1.85. The maximum absolute atomic E-state index is 12.3. The van der Waals surface area contributed by atoms with E-state index in [-0.39, 0.29) is 11.5 Å². The van der Waals surface area contributed by atoms with Gasteiger partial charge in [0.1, 0.15) is 5.01 Å². The van der Waals surface area contributed by atoms with E-state index >= 15 is 0 Å². The van der Waals surface area contributed by atoms with Gasteiger partial charge in [-0.15, -0.1) is 10.2 Å². The average molecular weight is 423 g/mol. The predicted molar refractivity (Wildman–Crippen MR) is 107 cm³/mol. The molecule has 8 nitrogen and oxygen atoms in total. The van der Waals surface area contributed by atoms with Gasteiger partial charge in [0.2, 0.25) is 16.0 Å². The first kappa shape index (κ1) is 18.5. The van der Waals surface area contributed by atoms with Crippen LogP contribution in [0.2, 0.25) is 0 Å². The van der Waals surface area contributed by atoms with E-state index < -0.39 is 0 Å². The van der Waals surface area contributed by atoms with Crippen LogP contribution in [-0.4, -0.2) is 30.7 Å². The minimum Gasteiger partial charge on any atom is -0.301 e. The first-order valence-electron chi connectivity index (χ1n) is 8.78. The van der Waals surface area contributed by atoms with Crippen molar-refractivity contribution < 1.29 is 4.79 Å². The summed E-state index contributed by atoms with van der Waals surface area (Å²) < 4.78 is 2.12. The van der Waals surface area contributed by atoms with Crippen molar-refractivity contribution in [3.05, 3.63) is 27.1 Å². The van der Waals surface area contributed by atoms with Gasteiger partial charge in [0.25, 0.3) is 5.56 Å². The summed E-state index contributed by atoms with van der Waals surface area (Å²) >= 11 is 4.27. The number of nitrogens with zero attached hydrogens (tertiary/aromatic N) is 5. The Morgan fingerprint density at radius 2 is 2.22 bits per heavy atom. The Labute approximate surface area is 167 Å². The fourth-order valence-corrected chi connectivity index (χ4v) is 5.17. The topological polar surface area (TPSA) is 102 Å². The quantitative estimate of drug-likeness (QED) is 0.439. The number of fused-ring (bicyclic) bond motifs is 1. The number of carbonyl (C=O) groups excluding carboxylic acids is 1. The lowest BCUT2D eigenvalue weighted by molar-refractivity contribution is -0.116. The number of nitrogens with one attached hydrogen (secondary N) is 1. The predicted octanol–water partition coefficient (Wildman–Crippen LogP) is 3.30. The van der Waals surface area contributed by atoms with E-state index in [1.54, 1.807) is 0 Å². The highest BCUT2D eigenvalue weighted by atomic mass is 32.2. The zero-order valence-corrected chi connectivity index (χ0v) is 17.1. The van der Waals surface area contributed by atoms with Crippen molar-refractivity contribution in [2.75, 3.05) is 5.32 Å². The van der Waals surface area contributed by atoms with Crippen molar-refractivity contribution in [2.24, 2.45) is 0 Å². The Bertz CT molecular complexity index is 1020. The second-order valence-corrected chi connectivity index (χ2v) is 9.50. The molecule has 0 aromatic carbocycles. The third-order valence-electron chi connectivity index (χ3n) is 3.99. The second-order valence-electron chi connectivity index (χ2n) is 6.31. The Kier molecular flexibility index (Phi) is 5.50. The van der Waals surface area contributed by atoms with Gasteiger partial charge in [-0.1, -0.05) is 47.8 Å². The number of unbranched alkanes of at least 4 members (excludes halogenated alkanes) is 1. The molecule has 1 saturated carbocycles. The van der Waals surface area contributed by atoms with Crippen molar-refractivity contribution in [2.45, 2.75) is 55.0 Å². The molecular formula is C16H18N6O2S3. The van der Waals surface area contributed by atoms with Crippen LogP contribution in [0.1, 0.15) is 55.6 Å². The van der Waals surface area contributed by atoms with E-state index in [9.17, 15) is 9.59 Å². The van der Waals surface area contributed by atoms with E-state index in [4.69, 9.17) is 0 Å². The molecule has 1 aliphatic carbocycles. The molecule has 3 heterocycles. The van der Waals surface area contributed by atoms with Crippen molar-refractivity contribution in [1.82, 2.24) is 24.8 Å². The minimum atomic E-state index is -0.153. The molecule has 0 saturated heterocycles. The van der Waals surface area contributed by atoms with Crippen LogP contribution >= 0.6 is 34.4 Å². The lowest BCUT2D eigenvalue weighted by atomic mass is 10.2. The minimum absolute atomic E-state index is 0.0404. The molecule has 1 fully saturated rings. The normalized spacial score (nSPS) is 14.0. The van der Waals surface area contributed by atoms with Crippen molar-refractivity contribution >= 4 is 50.4 Å². The summed E-state index contributed by atoms with van der Waals surface area (Å²) in [6.45, 7) is 2.04. The molecule has 1 amide bonds. The number of aromatic nitrogens is 5. The van der Waals surface area contributed by atoms with Crippen molar-refractivity contribution in [3.8, 4) is 0 Å². The van der Waals surface area contributed by atoms with Crippen LogP contribution in [-0.2, 0) is 10.5 Å². The van der Waals surface area contributed by atoms with E-state index in [0.29, 0.717) is 33.9 Å². The average Bonchev–Trinajstić information content (AvgIpc) is 3.25. The fraction of sp³-hybridized carbons (Fsp3) is 0.500. The summed E-state index contributed by atoms with van der Waals surface area (Å²) in [5.41, 5.74) is 0.541. The molecule has 3 aromatic heterocycles. The van der Waals surface area contributed by atoms with E-state index in [0.717, 1.165) is 35.0 Å². The summed E-state index contributed by atoms with van der Waals surface area (Å²) in [7, 11) is 0. The molecule has 0 aliphatic heterocycles. The molecule has 1 N–H and O–H groups in total. The fourth-order valence-electron chi connectivity index (χ4n) is 2.41. The molecular weight excluding hydrogens is 404 g/mol. The van der Waals surface area contributed by atoms with E-state index in [1.807, 2.05) is 6.92 Å². The van der Waals surface area contributed by atoms with Crippen LogP contribution in [0.15, 0.2) is 15.2 Å². The molecule has 11 heteroatoms. The van der Waals surface area contributed by atoms with Crippen molar-refractivity contribution in [3.63, 3.8) is 0 Å². The molecule has 27 heavy (non-hydrogen) atoms. The summed E-state index contributed by atoms with van der Waals surface area (Å²) in [6.07, 6.45) is 4.61. The second kappa shape index (κ2) is 8.03. The molecule has 142 valence electrons. The summed E-state index contributed by atoms with van der Waals surface area (Å²) in [5.74, 6) is 0.975. The van der Waals surface area contributed by atoms with Crippen LogP contribution in [0.4, 0.5) is 5.13 Å². The first-order valence-corrected chi connectivity index (χ1v) is 11.4. The number of anilines is 1. The third-order valence-corrected chi connectivity index (χ3v) is 7.07. The van der Waals surface area contributed by atoms with Gasteiger partial charge in [-0.05, 0) is 19.3 Å². The monoisotopic (exact) mass is 422 g/mol. The molecule has 1 aliphatic rings. The standard InChI is InChI=1S/C16H18N6O2S3/c1-2-3-4-11(23)18-14-19-20-16(27-14)25-8-10-7-12(24)22-15(17-10)26-13(21-22)9-5-6-9/h7,9H,2-6,8H2,1H3,(H,18,19,23). The van der Waals surface area contributed by atoms with Gasteiger partial charge in [-0.25, -0.2) is 4.98 Å². The molecule has 0 spiro atoms. The molecule has 3 aromatic rings. The third kappa shape index (κ3) is 4.53. The van der Waals surface area contributed by atoms with E-state index in [2.05, 4.69) is 25.6 Å². The van der Waals surface area contributed by atoms with Crippen LogP contribution in [0.3, 0.4) is 0 Å². The highest BCUT2D eigenvalue weighted by Gasteiger charge is 2.28. The number of thioether (sulfide) groups is 1. The number of carbonyl (C=O) groups is 1. The maximum atomic E-state index is 12.3. The highest BCUT2D eigenvalue weighted by molar-refractivity contribution is 8.00. The lowest BCUT2D eigenvalue weighted by Crippen LogP contribution is -2.15. The van der Waals surface area contributed by atoms with Crippen molar-refractivity contribution in [1.29, 1.82) is 0 Å². The molecule has 0 bridgehead atoms. The van der Waals surface area contributed by atoms with Crippen LogP contribution < -0.4 is 10.9 Å². The van der Waals surface area contributed by atoms with E-state index in [1.165, 1.54) is 45.0 Å². The first-order chi connectivity index (χ1) is 13.1. The zero-order chi connectivity index (χ0) is 18.8. The summed E-state index contributed by atoms with van der Waals surface area (Å²) in [6, 6.07) is 1.52. The zero-order valence-electron chi connectivity index (χ0n) is 14.7. The number of hydrogen-bond acceptors (Lipinski definition) is 9. The van der Waals surface area contributed by atoms with Gasteiger partial charge < -0.3 is 5.32 Å². The number of hydrogen-bond donors (Lipinski definition) is 1. The van der Waals surface area contributed by atoms with Gasteiger partial charge in [0, 0.05) is 24.2 Å². The van der Waals surface area contributed by atoms with Gasteiger partial charge in [-0.2, -0.15) is 9.61 Å². The summed E-state index contributed by atoms with van der Waals surface area (Å²) in [4.78, 5) is 29.2. The largest absolute Gasteiger partial charge is 0.301 e. The Morgan fingerprint density at radius 3 is 3.00 bits per heavy atom. The highest BCUT2D eigenvalue weighted by Crippen LogP contribution is 2.41. The number of rotatable bonds is 8. The SMILES string of the molecule is CCCCC(=O)Nc1nnc(SCc2cc(=O)n3nc(C4CC4)sc3n2)s1. The maximum Gasteiger partial charge on any atom is 0.275 e. The van der Waals surface area contributed by atoms with Gasteiger partial charge in [-0.3, -0.25) is 9.59 Å². The lowest BCUT2D eigenvalue weighted by Gasteiger charge is -1.99. The molecule has 0 radical (unpaired) electrons. The molecule has 0 atom stereocenters. The van der Waals surface area contributed by atoms with Gasteiger partial charge in [0.15, 0.2) is 4.34 Å². The van der Waals surface area contributed by atoms with Gasteiger partial charge in [0.05, 0.1) is 5.69 Å². The van der Waals surface area contributed by atoms with Crippen LogP contribution in [0, 0.1) is 0 Å².